The van der Waals surface area contributed by atoms with Gasteiger partial charge in [-0.3, -0.25) is 9.38 Å². The molecule has 0 aromatic carbocycles. The Hall–Kier alpha value is -1.72. The van der Waals surface area contributed by atoms with Crippen LogP contribution >= 0.6 is 11.3 Å². The Labute approximate surface area is 109 Å². The average Bonchev–Trinajstić information content (AvgIpc) is 2.90. The van der Waals surface area contributed by atoms with Gasteiger partial charge < -0.3 is 5.11 Å². The second-order valence-electron chi connectivity index (χ2n) is 4.31. The molecular weight excluding hydrogens is 246 g/mol. The number of fused-ring (bicyclic) bond motifs is 1. The Morgan fingerprint density at radius 2 is 2.33 bits per heavy atom. The molecule has 0 aliphatic carbocycles. The first-order valence-electron chi connectivity index (χ1n) is 5.74. The minimum absolute atomic E-state index is 0.491. The molecule has 3 heterocycles. The molecule has 3 aromatic heterocycles. The molecular formula is C13H13N3OS. The molecule has 0 aliphatic rings. The van der Waals surface area contributed by atoms with E-state index >= 15 is 0 Å². The molecule has 3 aromatic rings. The normalized spacial score (nSPS) is 13.0. The van der Waals surface area contributed by atoms with Gasteiger partial charge >= 0.3 is 0 Å². The minimum atomic E-state index is -0.602. The lowest BCUT2D eigenvalue weighted by Gasteiger charge is -2.08. The predicted molar refractivity (Wildman–Crippen MR) is 70.7 cm³/mol. The molecule has 4 nitrogen and oxygen atoms in total. The number of aliphatic hydroxyl groups is 1. The van der Waals surface area contributed by atoms with Gasteiger partial charge in [0.2, 0.25) is 0 Å². The highest BCUT2D eigenvalue weighted by Crippen LogP contribution is 2.18. The summed E-state index contributed by atoms with van der Waals surface area (Å²) < 4.78 is 1.97. The quantitative estimate of drug-likeness (QED) is 0.785. The van der Waals surface area contributed by atoms with Crippen LogP contribution in [0.4, 0.5) is 0 Å². The molecule has 0 aliphatic heterocycles. The van der Waals surface area contributed by atoms with Gasteiger partial charge in [0.25, 0.3) is 0 Å². The molecule has 0 saturated heterocycles. The number of nitrogens with zero attached hydrogens (tertiary/aromatic N) is 3. The van der Waals surface area contributed by atoms with Crippen molar-refractivity contribution in [2.45, 2.75) is 19.4 Å². The van der Waals surface area contributed by atoms with E-state index in [1.54, 1.807) is 17.5 Å². The van der Waals surface area contributed by atoms with Crippen LogP contribution in [0.5, 0.6) is 0 Å². The molecule has 1 unspecified atom stereocenters. The first-order chi connectivity index (χ1) is 8.72. The maximum Gasteiger partial charge on any atom is 0.193 e. The third-order valence-corrected chi connectivity index (χ3v) is 3.59. The fourth-order valence-electron chi connectivity index (χ4n) is 1.85. The topological polar surface area (TPSA) is 50.4 Å². The smallest absolute Gasteiger partial charge is 0.193 e. The molecule has 1 atom stereocenters. The van der Waals surface area contributed by atoms with E-state index in [9.17, 15) is 5.11 Å². The summed E-state index contributed by atoms with van der Waals surface area (Å²) in [5, 5.41) is 12.1. The Kier molecular flexibility index (Phi) is 2.85. The molecule has 0 radical (unpaired) electrons. The highest BCUT2D eigenvalue weighted by Gasteiger charge is 2.12. The molecule has 92 valence electrons. The maximum atomic E-state index is 10.1. The molecule has 0 fully saturated rings. The number of imidazole rings is 1. The van der Waals surface area contributed by atoms with Crippen molar-refractivity contribution in [1.82, 2.24) is 14.4 Å². The lowest BCUT2D eigenvalue weighted by Crippen LogP contribution is -2.04. The SMILES string of the molecule is Cc1ccc(C(O)Cc2cn3ccsc3n2)nc1. The second kappa shape index (κ2) is 4.51. The number of hydrogen-bond acceptors (Lipinski definition) is 4. The van der Waals surface area contributed by atoms with Crippen molar-refractivity contribution in [2.24, 2.45) is 0 Å². The predicted octanol–water partition coefficient (Wildman–Crippen LogP) is 2.38. The zero-order valence-corrected chi connectivity index (χ0v) is 10.8. The highest BCUT2D eigenvalue weighted by molar-refractivity contribution is 7.15. The Morgan fingerprint density at radius 1 is 1.44 bits per heavy atom. The van der Waals surface area contributed by atoms with E-state index in [-0.39, 0.29) is 0 Å². The first-order valence-corrected chi connectivity index (χ1v) is 6.62. The first kappa shape index (κ1) is 11.4. The van der Waals surface area contributed by atoms with Crippen LogP contribution in [0.15, 0.2) is 36.1 Å². The zero-order valence-electron chi connectivity index (χ0n) is 9.95. The van der Waals surface area contributed by atoms with E-state index in [4.69, 9.17) is 0 Å². The summed E-state index contributed by atoms with van der Waals surface area (Å²) in [6.07, 6.45) is 5.57. The fraction of sp³-hybridized carbons (Fsp3) is 0.231. The third kappa shape index (κ3) is 2.14. The van der Waals surface area contributed by atoms with Gasteiger partial charge in [0, 0.05) is 30.4 Å². The van der Waals surface area contributed by atoms with E-state index in [0.29, 0.717) is 12.1 Å². The standard InChI is InChI=1S/C13H13N3OS/c1-9-2-3-11(14-7-9)12(17)6-10-8-16-4-5-18-13(16)15-10/h2-5,7-8,12,17H,6H2,1H3. The minimum Gasteiger partial charge on any atom is -0.386 e. The number of aliphatic hydroxyl groups excluding tert-OH is 1. The monoisotopic (exact) mass is 259 g/mol. The summed E-state index contributed by atoms with van der Waals surface area (Å²) in [5.74, 6) is 0. The van der Waals surface area contributed by atoms with Gasteiger partial charge in [-0.05, 0) is 18.6 Å². The Morgan fingerprint density at radius 3 is 3.06 bits per heavy atom. The lowest BCUT2D eigenvalue weighted by molar-refractivity contribution is 0.172. The number of pyridine rings is 1. The van der Waals surface area contributed by atoms with Crippen LogP contribution in [0.2, 0.25) is 0 Å². The van der Waals surface area contributed by atoms with E-state index in [0.717, 1.165) is 16.2 Å². The lowest BCUT2D eigenvalue weighted by atomic mass is 10.1. The van der Waals surface area contributed by atoms with Crippen LogP contribution in [-0.2, 0) is 6.42 Å². The largest absolute Gasteiger partial charge is 0.386 e. The number of hydrogen-bond donors (Lipinski definition) is 1. The van der Waals surface area contributed by atoms with Crippen molar-refractivity contribution in [1.29, 1.82) is 0 Å². The van der Waals surface area contributed by atoms with Crippen LogP contribution in [0.25, 0.3) is 4.96 Å². The number of thiazole rings is 1. The maximum absolute atomic E-state index is 10.1. The van der Waals surface area contributed by atoms with Gasteiger partial charge in [-0.1, -0.05) is 6.07 Å². The van der Waals surface area contributed by atoms with Crippen LogP contribution in [0.1, 0.15) is 23.1 Å². The summed E-state index contributed by atoms with van der Waals surface area (Å²) in [5.41, 5.74) is 2.67. The van der Waals surface area contributed by atoms with Crippen molar-refractivity contribution in [2.75, 3.05) is 0 Å². The fourth-order valence-corrected chi connectivity index (χ4v) is 2.57. The number of rotatable bonds is 3. The summed E-state index contributed by atoms with van der Waals surface area (Å²) >= 11 is 1.59. The molecule has 0 bridgehead atoms. The average molecular weight is 259 g/mol. The van der Waals surface area contributed by atoms with Crippen molar-refractivity contribution in [3.05, 3.63) is 53.1 Å². The van der Waals surface area contributed by atoms with Gasteiger partial charge in [0.15, 0.2) is 4.96 Å². The third-order valence-electron chi connectivity index (χ3n) is 2.82. The molecule has 5 heteroatoms. The van der Waals surface area contributed by atoms with E-state index in [1.165, 1.54) is 0 Å². The molecule has 0 amide bonds. The molecule has 18 heavy (non-hydrogen) atoms. The number of aromatic nitrogens is 3. The van der Waals surface area contributed by atoms with Crippen LogP contribution in [-0.4, -0.2) is 19.5 Å². The van der Waals surface area contributed by atoms with Crippen LogP contribution < -0.4 is 0 Å². The van der Waals surface area contributed by atoms with Gasteiger partial charge in [0.05, 0.1) is 11.4 Å². The summed E-state index contributed by atoms with van der Waals surface area (Å²) in [6.45, 7) is 1.98. The van der Waals surface area contributed by atoms with Gasteiger partial charge in [0.1, 0.15) is 6.10 Å². The van der Waals surface area contributed by atoms with E-state index < -0.39 is 6.10 Å². The summed E-state index contributed by atoms with van der Waals surface area (Å²) in [4.78, 5) is 9.64. The Balaban J connectivity index is 1.79. The van der Waals surface area contributed by atoms with Crippen molar-refractivity contribution < 1.29 is 5.11 Å². The van der Waals surface area contributed by atoms with E-state index in [2.05, 4.69) is 9.97 Å². The molecule has 0 saturated carbocycles. The highest BCUT2D eigenvalue weighted by atomic mass is 32.1. The van der Waals surface area contributed by atoms with Gasteiger partial charge in [-0.15, -0.1) is 11.3 Å². The van der Waals surface area contributed by atoms with Gasteiger partial charge in [-0.25, -0.2) is 4.98 Å². The van der Waals surface area contributed by atoms with E-state index in [1.807, 2.05) is 41.2 Å². The van der Waals surface area contributed by atoms with Crippen LogP contribution in [0, 0.1) is 6.92 Å². The summed E-state index contributed by atoms with van der Waals surface area (Å²) in [6, 6.07) is 3.82. The van der Waals surface area contributed by atoms with Gasteiger partial charge in [-0.2, -0.15) is 0 Å². The van der Waals surface area contributed by atoms with Crippen molar-refractivity contribution in [3.63, 3.8) is 0 Å². The molecule has 1 N–H and O–H groups in total. The Bertz CT molecular complexity index is 628. The van der Waals surface area contributed by atoms with Crippen molar-refractivity contribution >= 4 is 16.3 Å². The summed E-state index contributed by atoms with van der Waals surface area (Å²) in [7, 11) is 0. The molecule has 3 rings (SSSR count). The zero-order chi connectivity index (χ0) is 12.5. The number of aryl methyl sites for hydroxylation is 1. The second-order valence-corrected chi connectivity index (χ2v) is 5.18. The molecule has 0 spiro atoms. The van der Waals surface area contributed by atoms with Crippen LogP contribution in [0.3, 0.4) is 0 Å². The van der Waals surface area contributed by atoms with Crippen molar-refractivity contribution in [3.8, 4) is 0 Å².